The second kappa shape index (κ2) is 4.98. The van der Waals surface area contributed by atoms with Crippen molar-refractivity contribution in [3.63, 3.8) is 0 Å². The molecule has 4 nitrogen and oxygen atoms in total. The minimum atomic E-state index is 0.897. The van der Waals surface area contributed by atoms with Gasteiger partial charge in [-0.15, -0.1) is 0 Å². The van der Waals surface area contributed by atoms with Gasteiger partial charge < -0.3 is 4.57 Å². The first-order valence-corrected chi connectivity index (χ1v) is 6.99. The van der Waals surface area contributed by atoms with E-state index in [1.807, 2.05) is 43.1 Å². The van der Waals surface area contributed by atoms with Crippen molar-refractivity contribution in [1.29, 1.82) is 0 Å². The van der Waals surface area contributed by atoms with E-state index < -0.39 is 0 Å². The first kappa shape index (κ1) is 12.0. The molecule has 0 aliphatic rings. The Morgan fingerprint density at radius 2 is 1.76 bits per heavy atom. The Morgan fingerprint density at radius 1 is 0.905 bits per heavy atom. The number of imidazole rings is 1. The third-order valence-corrected chi connectivity index (χ3v) is 3.74. The van der Waals surface area contributed by atoms with Crippen LogP contribution in [0.25, 0.3) is 21.9 Å². The van der Waals surface area contributed by atoms with Crippen LogP contribution in [0.15, 0.2) is 61.3 Å². The first-order valence-electron chi connectivity index (χ1n) is 6.99. The van der Waals surface area contributed by atoms with Crippen LogP contribution in [0.1, 0.15) is 5.56 Å². The van der Waals surface area contributed by atoms with Gasteiger partial charge in [-0.25, -0.2) is 4.98 Å². The average Bonchev–Trinajstić information content (AvgIpc) is 2.97. The summed E-state index contributed by atoms with van der Waals surface area (Å²) in [5, 5.41) is 1.15. The van der Waals surface area contributed by atoms with Crippen molar-refractivity contribution in [1.82, 2.24) is 19.5 Å². The molecule has 3 heterocycles. The van der Waals surface area contributed by atoms with Gasteiger partial charge in [0.2, 0.25) is 0 Å². The molecule has 1 aromatic carbocycles. The highest BCUT2D eigenvalue weighted by Gasteiger charge is 2.07. The van der Waals surface area contributed by atoms with Crippen molar-refractivity contribution >= 4 is 21.9 Å². The van der Waals surface area contributed by atoms with E-state index in [-0.39, 0.29) is 0 Å². The van der Waals surface area contributed by atoms with Crippen LogP contribution in [-0.2, 0) is 13.0 Å². The van der Waals surface area contributed by atoms with Crippen LogP contribution in [0.2, 0.25) is 0 Å². The van der Waals surface area contributed by atoms with E-state index in [0.29, 0.717) is 0 Å². The Kier molecular flexibility index (Phi) is 2.85. The van der Waals surface area contributed by atoms with E-state index in [4.69, 9.17) is 0 Å². The highest BCUT2D eigenvalue weighted by atomic mass is 15.0. The summed E-state index contributed by atoms with van der Waals surface area (Å²) in [7, 11) is 0. The van der Waals surface area contributed by atoms with E-state index in [1.54, 1.807) is 0 Å². The standard InChI is InChI=1S/C17H14N4/c1-2-4-15-14(3-1)17-16(11-19-15)20-12-21(17)10-7-13-5-8-18-9-6-13/h1-6,8-9,11-12H,7,10H2. The third kappa shape index (κ3) is 2.14. The number of rotatable bonds is 3. The molecule has 21 heavy (non-hydrogen) atoms. The molecule has 0 aliphatic heterocycles. The molecular weight excluding hydrogens is 260 g/mol. The van der Waals surface area contributed by atoms with Crippen molar-refractivity contribution in [3.8, 4) is 0 Å². The molecule has 0 amide bonds. The van der Waals surface area contributed by atoms with E-state index in [2.05, 4.69) is 37.7 Å². The number of aryl methyl sites for hydroxylation is 2. The predicted molar refractivity (Wildman–Crippen MR) is 83.0 cm³/mol. The minimum absolute atomic E-state index is 0.897. The zero-order chi connectivity index (χ0) is 14.1. The molecule has 3 aromatic heterocycles. The summed E-state index contributed by atoms with van der Waals surface area (Å²) >= 11 is 0. The van der Waals surface area contributed by atoms with E-state index in [0.717, 1.165) is 34.9 Å². The van der Waals surface area contributed by atoms with Gasteiger partial charge in [0, 0.05) is 24.3 Å². The highest BCUT2D eigenvalue weighted by Crippen LogP contribution is 2.22. The molecule has 0 unspecified atom stereocenters. The molecule has 4 rings (SSSR count). The van der Waals surface area contributed by atoms with Gasteiger partial charge >= 0.3 is 0 Å². The molecule has 4 heteroatoms. The van der Waals surface area contributed by atoms with Gasteiger partial charge in [0.05, 0.1) is 23.6 Å². The Bertz CT molecular complexity index is 896. The summed E-state index contributed by atoms with van der Waals surface area (Å²) in [5.41, 5.74) is 4.40. The van der Waals surface area contributed by atoms with Crippen LogP contribution in [0.3, 0.4) is 0 Å². The van der Waals surface area contributed by atoms with Crippen molar-refractivity contribution < 1.29 is 0 Å². The number of benzene rings is 1. The Balaban J connectivity index is 1.77. The Hall–Kier alpha value is -2.75. The van der Waals surface area contributed by atoms with Gasteiger partial charge in [0.15, 0.2) is 0 Å². The molecule has 0 bridgehead atoms. The zero-order valence-corrected chi connectivity index (χ0v) is 11.5. The van der Waals surface area contributed by atoms with Crippen LogP contribution in [0.5, 0.6) is 0 Å². The lowest BCUT2D eigenvalue weighted by molar-refractivity contribution is 0.716. The molecule has 4 aromatic rings. The fraction of sp³-hybridized carbons (Fsp3) is 0.118. The normalized spacial score (nSPS) is 11.2. The Morgan fingerprint density at radius 3 is 2.67 bits per heavy atom. The molecule has 0 fully saturated rings. The Labute approximate surface area is 122 Å². The molecule has 0 spiro atoms. The van der Waals surface area contributed by atoms with Crippen LogP contribution < -0.4 is 0 Å². The van der Waals surface area contributed by atoms with Gasteiger partial charge in [0.1, 0.15) is 5.52 Å². The fourth-order valence-corrected chi connectivity index (χ4v) is 2.67. The summed E-state index contributed by atoms with van der Waals surface area (Å²) < 4.78 is 2.21. The van der Waals surface area contributed by atoms with Gasteiger partial charge in [-0.05, 0) is 30.2 Å². The van der Waals surface area contributed by atoms with E-state index in [9.17, 15) is 0 Å². The average molecular weight is 274 g/mol. The molecular formula is C17H14N4. The van der Waals surface area contributed by atoms with Gasteiger partial charge in [-0.3, -0.25) is 9.97 Å². The largest absolute Gasteiger partial charge is 0.330 e. The number of aromatic nitrogens is 4. The molecule has 0 radical (unpaired) electrons. The number of pyridine rings is 2. The number of para-hydroxylation sites is 1. The molecule has 102 valence electrons. The van der Waals surface area contributed by atoms with Gasteiger partial charge in [-0.2, -0.15) is 0 Å². The number of nitrogens with zero attached hydrogens (tertiary/aromatic N) is 4. The summed E-state index contributed by atoms with van der Waals surface area (Å²) in [6.45, 7) is 0.897. The predicted octanol–water partition coefficient (Wildman–Crippen LogP) is 3.22. The maximum atomic E-state index is 4.47. The first-order chi connectivity index (χ1) is 10.4. The van der Waals surface area contributed by atoms with Crippen molar-refractivity contribution in [2.75, 3.05) is 0 Å². The number of hydrogen-bond acceptors (Lipinski definition) is 3. The smallest absolute Gasteiger partial charge is 0.107 e. The summed E-state index contributed by atoms with van der Waals surface area (Å²) in [6, 6.07) is 12.3. The quantitative estimate of drug-likeness (QED) is 0.576. The summed E-state index contributed by atoms with van der Waals surface area (Å²) in [6.07, 6.45) is 8.38. The minimum Gasteiger partial charge on any atom is -0.330 e. The van der Waals surface area contributed by atoms with Crippen LogP contribution in [0, 0.1) is 0 Å². The monoisotopic (exact) mass is 274 g/mol. The van der Waals surface area contributed by atoms with E-state index >= 15 is 0 Å². The highest BCUT2D eigenvalue weighted by molar-refractivity contribution is 6.01. The van der Waals surface area contributed by atoms with Crippen LogP contribution in [0.4, 0.5) is 0 Å². The van der Waals surface area contributed by atoms with Gasteiger partial charge in [-0.1, -0.05) is 18.2 Å². The molecule has 0 aliphatic carbocycles. The maximum absolute atomic E-state index is 4.47. The number of fused-ring (bicyclic) bond motifs is 3. The summed E-state index contributed by atoms with van der Waals surface area (Å²) in [5.74, 6) is 0. The SMILES string of the molecule is c1ccc2c(c1)ncc1ncn(CCc3ccncc3)c12. The third-order valence-electron chi connectivity index (χ3n) is 3.74. The van der Waals surface area contributed by atoms with Crippen LogP contribution in [-0.4, -0.2) is 19.5 Å². The molecule has 0 atom stereocenters. The summed E-state index contributed by atoms with van der Waals surface area (Å²) in [4.78, 5) is 13.0. The lowest BCUT2D eigenvalue weighted by Gasteiger charge is -2.06. The van der Waals surface area contributed by atoms with Crippen molar-refractivity contribution in [3.05, 3.63) is 66.9 Å². The molecule has 0 saturated heterocycles. The van der Waals surface area contributed by atoms with E-state index in [1.165, 1.54) is 5.56 Å². The van der Waals surface area contributed by atoms with Crippen molar-refractivity contribution in [2.24, 2.45) is 0 Å². The lowest BCUT2D eigenvalue weighted by Crippen LogP contribution is -2.00. The van der Waals surface area contributed by atoms with Crippen LogP contribution >= 0.6 is 0 Å². The fourth-order valence-electron chi connectivity index (χ4n) is 2.67. The van der Waals surface area contributed by atoms with Crippen molar-refractivity contribution in [2.45, 2.75) is 13.0 Å². The number of hydrogen-bond donors (Lipinski definition) is 0. The zero-order valence-electron chi connectivity index (χ0n) is 11.5. The molecule has 0 N–H and O–H groups in total. The second-order valence-electron chi connectivity index (χ2n) is 5.05. The molecule has 0 saturated carbocycles. The maximum Gasteiger partial charge on any atom is 0.107 e. The van der Waals surface area contributed by atoms with Gasteiger partial charge in [0.25, 0.3) is 0 Å². The second-order valence-corrected chi connectivity index (χ2v) is 5.05. The lowest BCUT2D eigenvalue weighted by atomic mass is 10.2. The topological polar surface area (TPSA) is 43.6 Å².